The van der Waals surface area contributed by atoms with Gasteiger partial charge in [0.2, 0.25) is 0 Å². The van der Waals surface area contributed by atoms with Crippen molar-refractivity contribution < 1.29 is 52.8 Å². The Morgan fingerprint density at radius 2 is 0.763 bits per heavy atom. The van der Waals surface area contributed by atoms with Crippen molar-refractivity contribution in [1.29, 1.82) is 0 Å². The van der Waals surface area contributed by atoms with Gasteiger partial charge >= 0.3 is 42.9 Å². The standard InChI is InChI=1S/C16H4Cl6F6N2O6S2/c17-7-1-5(2-8(18)11(7)21)29(37(33,34)15(23,24)25)13(31)14(32)30(38(35,36)16(26,27)28)6-3-9(19)12(22)10(20)4-6/h1-4H. The van der Waals surface area contributed by atoms with Crippen LogP contribution in [0.3, 0.4) is 0 Å². The molecular weight excluding hydrogens is 707 g/mol. The lowest BCUT2D eigenvalue weighted by atomic mass is 10.3. The van der Waals surface area contributed by atoms with Gasteiger partial charge in [-0.25, -0.2) is 0 Å². The Hall–Kier alpha value is -1.40. The van der Waals surface area contributed by atoms with Gasteiger partial charge in [-0.15, -0.1) is 0 Å². The van der Waals surface area contributed by atoms with E-state index in [-0.39, 0.29) is 24.3 Å². The number of halogens is 12. The third-order valence-electron chi connectivity index (χ3n) is 4.02. The van der Waals surface area contributed by atoms with Crippen LogP contribution in [0.25, 0.3) is 0 Å². The van der Waals surface area contributed by atoms with Crippen LogP contribution >= 0.6 is 69.6 Å². The van der Waals surface area contributed by atoms with Gasteiger partial charge in [-0.3, -0.25) is 9.59 Å². The van der Waals surface area contributed by atoms with E-state index in [4.69, 9.17) is 69.6 Å². The zero-order valence-electron chi connectivity index (χ0n) is 17.0. The Bertz CT molecular complexity index is 1390. The normalized spacial score (nSPS) is 12.8. The number of hydrogen-bond acceptors (Lipinski definition) is 6. The van der Waals surface area contributed by atoms with Gasteiger partial charge in [-0.1, -0.05) is 69.6 Å². The van der Waals surface area contributed by atoms with E-state index >= 15 is 0 Å². The van der Waals surface area contributed by atoms with Crippen LogP contribution in [-0.4, -0.2) is 39.7 Å². The monoisotopic (exact) mass is 708 g/mol. The van der Waals surface area contributed by atoms with E-state index in [1.165, 1.54) is 0 Å². The molecule has 0 unspecified atom stereocenters. The minimum Gasteiger partial charge on any atom is -0.262 e. The first kappa shape index (κ1) is 32.8. The molecule has 210 valence electrons. The van der Waals surface area contributed by atoms with Crippen molar-refractivity contribution in [3.63, 3.8) is 0 Å². The Labute approximate surface area is 238 Å². The van der Waals surface area contributed by atoms with Crippen LogP contribution in [0.5, 0.6) is 0 Å². The van der Waals surface area contributed by atoms with E-state index in [0.717, 1.165) is 0 Å². The van der Waals surface area contributed by atoms with Crippen molar-refractivity contribution in [2.45, 2.75) is 11.0 Å². The van der Waals surface area contributed by atoms with Crippen LogP contribution in [0.4, 0.5) is 37.7 Å². The maximum Gasteiger partial charge on any atom is 0.517 e. The van der Waals surface area contributed by atoms with Crippen molar-refractivity contribution in [1.82, 2.24) is 0 Å². The van der Waals surface area contributed by atoms with Crippen LogP contribution in [0.1, 0.15) is 0 Å². The van der Waals surface area contributed by atoms with Crippen molar-refractivity contribution in [3.05, 3.63) is 54.4 Å². The van der Waals surface area contributed by atoms with Crippen LogP contribution in [0.2, 0.25) is 30.1 Å². The maximum atomic E-state index is 13.4. The molecule has 0 aliphatic rings. The van der Waals surface area contributed by atoms with Crippen molar-refractivity contribution >= 4 is 113 Å². The first-order chi connectivity index (χ1) is 17.0. The number of alkyl halides is 6. The molecule has 0 aromatic heterocycles. The molecule has 8 nitrogen and oxygen atoms in total. The van der Waals surface area contributed by atoms with Gasteiger partial charge in [0, 0.05) is 0 Å². The molecule has 0 bridgehead atoms. The molecule has 0 radical (unpaired) electrons. The highest BCUT2D eigenvalue weighted by Gasteiger charge is 2.58. The molecular formula is C16H4Cl6F6N2O6S2. The lowest BCUT2D eigenvalue weighted by molar-refractivity contribution is -0.135. The van der Waals surface area contributed by atoms with Crippen LogP contribution in [0.15, 0.2) is 24.3 Å². The molecule has 0 spiro atoms. The number of carbonyl (C=O) groups excluding carboxylic acids is 2. The summed E-state index contributed by atoms with van der Waals surface area (Å²) >= 11 is 33.8. The van der Waals surface area contributed by atoms with E-state index in [0.29, 0.717) is 0 Å². The number of rotatable bonds is 4. The number of benzene rings is 2. The smallest absolute Gasteiger partial charge is 0.262 e. The second-order valence-corrected chi connectivity index (χ2v) is 12.4. The molecule has 0 fully saturated rings. The molecule has 2 amide bonds. The molecule has 0 aliphatic heterocycles. The van der Waals surface area contributed by atoms with E-state index in [9.17, 15) is 52.8 Å². The fourth-order valence-electron chi connectivity index (χ4n) is 2.43. The van der Waals surface area contributed by atoms with Gasteiger partial charge in [0.05, 0.1) is 41.5 Å². The second kappa shape index (κ2) is 10.9. The van der Waals surface area contributed by atoms with Gasteiger partial charge in [-0.2, -0.15) is 51.8 Å². The predicted octanol–water partition coefficient (Wildman–Crippen LogP) is 6.67. The first-order valence-corrected chi connectivity index (χ1v) is 13.7. The predicted molar refractivity (Wildman–Crippen MR) is 128 cm³/mol. The minimum atomic E-state index is -6.98. The van der Waals surface area contributed by atoms with Crippen LogP contribution in [-0.2, 0) is 29.6 Å². The van der Waals surface area contributed by atoms with E-state index < -0.39 is 93.0 Å². The molecule has 0 aliphatic carbocycles. The topological polar surface area (TPSA) is 109 Å². The highest BCUT2D eigenvalue weighted by Crippen LogP contribution is 2.41. The Balaban J connectivity index is 2.93. The quantitative estimate of drug-likeness (QED) is 0.199. The number of sulfonamides is 2. The molecule has 0 N–H and O–H groups in total. The first-order valence-electron chi connectivity index (χ1n) is 8.57. The van der Waals surface area contributed by atoms with Crippen LogP contribution in [0, 0.1) is 0 Å². The Morgan fingerprint density at radius 1 is 0.553 bits per heavy atom. The number of amides is 2. The summed E-state index contributed by atoms with van der Waals surface area (Å²) in [6.45, 7) is 0. The summed E-state index contributed by atoms with van der Waals surface area (Å²) in [4.78, 5) is 25.8. The molecule has 2 aromatic carbocycles. The lowest BCUT2D eigenvalue weighted by Gasteiger charge is -2.28. The zero-order valence-corrected chi connectivity index (χ0v) is 23.2. The summed E-state index contributed by atoms with van der Waals surface area (Å²) in [5, 5.41) is -4.21. The van der Waals surface area contributed by atoms with Gasteiger partial charge in [0.15, 0.2) is 0 Å². The SMILES string of the molecule is O=C(C(=O)N(c1cc(Cl)c(Cl)c(Cl)c1)S(=O)(=O)C(F)(F)F)N(c1cc(Cl)c(Cl)c(Cl)c1)S(=O)(=O)C(F)(F)F. The summed E-state index contributed by atoms with van der Waals surface area (Å²) in [5.74, 6) is -5.96. The average molecular weight is 711 g/mol. The highest BCUT2D eigenvalue weighted by atomic mass is 35.5. The van der Waals surface area contributed by atoms with Gasteiger partial charge in [-0.05, 0) is 24.3 Å². The molecule has 0 saturated heterocycles. The Kier molecular flexibility index (Phi) is 9.39. The number of hydrogen-bond donors (Lipinski definition) is 0. The van der Waals surface area contributed by atoms with E-state index in [2.05, 4.69) is 0 Å². The third kappa shape index (κ3) is 6.01. The highest BCUT2D eigenvalue weighted by molar-refractivity contribution is 7.95. The van der Waals surface area contributed by atoms with Crippen LogP contribution < -0.4 is 8.61 Å². The summed E-state index contributed by atoms with van der Waals surface area (Å²) in [6.07, 6.45) is 0. The summed E-state index contributed by atoms with van der Waals surface area (Å²) in [5.41, 5.74) is -15.6. The van der Waals surface area contributed by atoms with Crippen molar-refractivity contribution in [2.24, 2.45) is 0 Å². The maximum absolute atomic E-state index is 13.4. The molecule has 2 aromatic rings. The molecule has 22 heteroatoms. The number of nitrogens with zero attached hydrogens (tertiary/aromatic N) is 2. The van der Waals surface area contributed by atoms with Gasteiger partial charge in [0.25, 0.3) is 0 Å². The molecule has 38 heavy (non-hydrogen) atoms. The van der Waals surface area contributed by atoms with Gasteiger partial charge in [0.1, 0.15) is 0 Å². The zero-order chi connectivity index (χ0) is 29.8. The molecule has 0 heterocycles. The van der Waals surface area contributed by atoms with Gasteiger partial charge < -0.3 is 0 Å². The minimum absolute atomic E-state index is 0.281. The fourth-order valence-corrected chi connectivity index (χ4v) is 5.37. The third-order valence-corrected chi connectivity index (χ3v) is 9.30. The van der Waals surface area contributed by atoms with Crippen molar-refractivity contribution in [2.75, 3.05) is 8.61 Å². The largest absolute Gasteiger partial charge is 0.517 e. The molecule has 0 saturated carbocycles. The lowest BCUT2D eigenvalue weighted by Crippen LogP contribution is -2.54. The van der Waals surface area contributed by atoms with E-state index in [1.807, 2.05) is 0 Å². The van der Waals surface area contributed by atoms with E-state index in [1.54, 1.807) is 0 Å². The average Bonchev–Trinajstić information content (AvgIpc) is 2.73. The second-order valence-electron chi connectivity index (χ2n) is 6.49. The fraction of sp³-hybridized carbons (Fsp3) is 0.125. The van der Waals surface area contributed by atoms with Crippen molar-refractivity contribution in [3.8, 4) is 0 Å². The Morgan fingerprint density at radius 3 is 0.947 bits per heavy atom. The number of anilines is 2. The number of carbonyl (C=O) groups is 2. The molecule has 2 rings (SSSR count). The summed E-state index contributed by atoms with van der Waals surface area (Å²) in [7, 11) is -14.0. The summed E-state index contributed by atoms with van der Waals surface area (Å²) < 4.78 is 127. The molecule has 0 atom stereocenters. The summed E-state index contributed by atoms with van der Waals surface area (Å²) in [6, 6.07) is 1.12.